The molecule has 1 atom stereocenters. The van der Waals surface area contributed by atoms with Crippen LogP contribution in [0.3, 0.4) is 0 Å². The van der Waals surface area contributed by atoms with Crippen molar-refractivity contribution < 1.29 is 0 Å². The Labute approximate surface area is 195 Å². The summed E-state index contributed by atoms with van der Waals surface area (Å²) in [6, 6.07) is 32.0. The third-order valence-corrected chi connectivity index (χ3v) is 6.40. The van der Waals surface area contributed by atoms with Gasteiger partial charge in [0.15, 0.2) is 5.82 Å². The van der Waals surface area contributed by atoms with Gasteiger partial charge in [-0.15, -0.1) is 5.10 Å². The summed E-state index contributed by atoms with van der Waals surface area (Å²) in [5.74, 6) is 0.925. The van der Waals surface area contributed by atoms with Crippen LogP contribution in [0.4, 0.5) is 0 Å². The summed E-state index contributed by atoms with van der Waals surface area (Å²) in [5, 5.41) is 12.9. The van der Waals surface area contributed by atoms with Crippen LogP contribution in [0.5, 0.6) is 0 Å². The number of hydrogen-bond acceptors (Lipinski definition) is 5. The first-order valence-corrected chi connectivity index (χ1v) is 11.7. The highest BCUT2D eigenvalue weighted by atomic mass is 15.6. The first-order chi connectivity index (χ1) is 16.4. The van der Waals surface area contributed by atoms with Crippen LogP contribution in [0.2, 0.25) is 0 Å². The second-order valence-corrected chi connectivity index (χ2v) is 8.61. The molecular weight excluding hydrogens is 408 g/mol. The molecule has 4 aromatic rings. The summed E-state index contributed by atoms with van der Waals surface area (Å²) < 4.78 is 1.99. The Kier molecular flexibility index (Phi) is 6.85. The number of rotatable bonds is 8. The molecular formula is C27H30N6. The number of piperazine rings is 1. The first kappa shape index (κ1) is 21.5. The largest absolute Gasteiger partial charge is 0.297 e. The second kappa shape index (κ2) is 10.5. The lowest BCUT2D eigenvalue weighted by Gasteiger charge is -2.39. The lowest BCUT2D eigenvalue weighted by Crippen LogP contribution is -2.48. The van der Waals surface area contributed by atoms with Gasteiger partial charge >= 0.3 is 0 Å². The SMILES string of the molecule is c1ccc(CCn2nnnc2[C@@H](c2ccccc2)N2CCN(Cc3ccccc3)CC2)cc1. The summed E-state index contributed by atoms with van der Waals surface area (Å²) in [6.07, 6.45) is 0.908. The van der Waals surface area contributed by atoms with E-state index < -0.39 is 0 Å². The van der Waals surface area contributed by atoms with Gasteiger partial charge in [0.05, 0.1) is 6.04 Å². The van der Waals surface area contributed by atoms with Crippen LogP contribution in [0, 0.1) is 0 Å². The number of benzene rings is 3. The molecule has 0 unspecified atom stereocenters. The molecule has 0 amide bonds. The van der Waals surface area contributed by atoms with Crippen LogP contribution in [-0.4, -0.2) is 56.2 Å². The van der Waals surface area contributed by atoms with Gasteiger partial charge in [0.1, 0.15) is 0 Å². The van der Waals surface area contributed by atoms with Crippen molar-refractivity contribution in [3.63, 3.8) is 0 Å². The normalized spacial score (nSPS) is 16.0. The van der Waals surface area contributed by atoms with E-state index in [1.54, 1.807) is 0 Å². The molecule has 1 saturated heterocycles. The molecule has 0 spiro atoms. The van der Waals surface area contributed by atoms with Gasteiger partial charge in [-0.2, -0.15) is 0 Å². The Morgan fingerprint density at radius 3 is 1.97 bits per heavy atom. The van der Waals surface area contributed by atoms with Gasteiger partial charge in [-0.1, -0.05) is 91.0 Å². The van der Waals surface area contributed by atoms with Crippen LogP contribution in [0.25, 0.3) is 0 Å². The topological polar surface area (TPSA) is 50.1 Å². The van der Waals surface area contributed by atoms with Crippen LogP contribution in [0.1, 0.15) is 28.6 Å². The third kappa shape index (κ3) is 5.35. The number of tetrazole rings is 1. The molecule has 1 fully saturated rings. The van der Waals surface area contributed by atoms with E-state index in [4.69, 9.17) is 0 Å². The van der Waals surface area contributed by atoms with Gasteiger partial charge in [-0.05, 0) is 33.5 Å². The Morgan fingerprint density at radius 1 is 0.697 bits per heavy atom. The van der Waals surface area contributed by atoms with Crippen molar-refractivity contribution in [2.45, 2.75) is 25.6 Å². The highest BCUT2D eigenvalue weighted by molar-refractivity contribution is 5.25. The molecule has 6 heteroatoms. The fourth-order valence-electron chi connectivity index (χ4n) is 4.63. The van der Waals surface area contributed by atoms with Crippen LogP contribution in [0.15, 0.2) is 91.0 Å². The number of nitrogens with zero attached hydrogens (tertiary/aromatic N) is 6. The Bertz CT molecular complexity index is 1110. The summed E-state index contributed by atoms with van der Waals surface area (Å²) in [4.78, 5) is 5.06. The lowest BCUT2D eigenvalue weighted by atomic mass is 10.0. The zero-order valence-corrected chi connectivity index (χ0v) is 18.9. The zero-order chi connectivity index (χ0) is 22.3. The molecule has 1 aliphatic heterocycles. The highest BCUT2D eigenvalue weighted by Crippen LogP contribution is 2.28. The van der Waals surface area contributed by atoms with E-state index in [1.165, 1.54) is 16.7 Å². The van der Waals surface area contributed by atoms with E-state index >= 15 is 0 Å². The molecule has 168 valence electrons. The number of hydrogen-bond donors (Lipinski definition) is 0. The van der Waals surface area contributed by atoms with Crippen molar-refractivity contribution in [2.24, 2.45) is 0 Å². The summed E-state index contributed by atoms with van der Waals surface area (Å²) >= 11 is 0. The molecule has 1 aliphatic rings. The van der Waals surface area contributed by atoms with Crippen molar-refractivity contribution in [3.8, 4) is 0 Å². The standard InChI is InChI=1S/C27H30N6/c1-4-10-23(11-5-1)16-17-33-27(28-29-30-33)26(25-14-8-3-9-15-25)32-20-18-31(19-21-32)22-24-12-6-2-7-13-24/h1-15,26H,16-22H2/t26-/m1/s1. The average Bonchev–Trinajstić information content (AvgIpc) is 3.34. The monoisotopic (exact) mass is 438 g/mol. The van der Waals surface area contributed by atoms with E-state index in [0.717, 1.165) is 51.5 Å². The maximum Gasteiger partial charge on any atom is 0.173 e. The predicted molar refractivity (Wildman–Crippen MR) is 130 cm³/mol. The van der Waals surface area contributed by atoms with Gasteiger partial charge in [0.25, 0.3) is 0 Å². The lowest BCUT2D eigenvalue weighted by molar-refractivity contribution is 0.100. The van der Waals surface area contributed by atoms with Crippen molar-refractivity contribution >= 4 is 0 Å². The molecule has 5 rings (SSSR count). The Balaban J connectivity index is 1.32. The summed E-state index contributed by atoms with van der Waals surface area (Å²) in [7, 11) is 0. The minimum Gasteiger partial charge on any atom is -0.297 e. The smallest absolute Gasteiger partial charge is 0.173 e. The Hall–Kier alpha value is -3.35. The molecule has 0 radical (unpaired) electrons. The van der Waals surface area contributed by atoms with Crippen molar-refractivity contribution in [2.75, 3.05) is 26.2 Å². The molecule has 33 heavy (non-hydrogen) atoms. The zero-order valence-electron chi connectivity index (χ0n) is 18.9. The maximum atomic E-state index is 4.51. The van der Waals surface area contributed by atoms with Crippen LogP contribution < -0.4 is 0 Å². The number of aromatic nitrogens is 4. The van der Waals surface area contributed by atoms with Crippen molar-refractivity contribution in [1.29, 1.82) is 0 Å². The van der Waals surface area contributed by atoms with Gasteiger partial charge < -0.3 is 0 Å². The van der Waals surface area contributed by atoms with E-state index in [9.17, 15) is 0 Å². The fourth-order valence-corrected chi connectivity index (χ4v) is 4.63. The Morgan fingerprint density at radius 2 is 1.30 bits per heavy atom. The van der Waals surface area contributed by atoms with E-state index in [1.807, 2.05) is 4.68 Å². The van der Waals surface area contributed by atoms with Gasteiger partial charge in [-0.25, -0.2) is 4.68 Å². The summed E-state index contributed by atoms with van der Waals surface area (Å²) in [6.45, 7) is 5.80. The minimum absolute atomic E-state index is 0.0517. The van der Waals surface area contributed by atoms with Crippen LogP contribution in [-0.2, 0) is 19.5 Å². The molecule has 0 aliphatic carbocycles. The van der Waals surface area contributed by atoms with Crippen molar-refractivity contribution in [3.05, 3.63) is 114 Å². The van der Waals surface area contributed by atoms with E-state index in [2.05, 4.69) is 116 Å². The molecule has 3 aromatic carbocycles. The van der Waals surface area contributed by atoms with Crippen molar-refractivity contribution in [1.82, 2.24) is 30.0 Å². The highest BCUT2D eigenvalue weighted by Gasteiger charge is 2.30. The van der Waals surface area contributed by atoms with E-state index in [0.29, 0.717) is 0 Å². The number of aryl methyl sites for hydroxylation is 2. The van der Waals surface area contributed by atoms with Gasteiger partial charge in [0, 0.05) is 39.3 Å². The van der Waals surface area contributed by atoms with Gasteiger partial charge in [0.2, 0.25) is 0 Å². The molecule has 0 bridgehead atoms. The molecule has 6 nitrogen and oxygen atoms in total. The summed E-state index contributed by atoms with van der Waals surface area (Å²) in [5.41, 5.74) is 3.91. The fraction of sp³-hybridized carbons (Fsp3) is 0.296. The molecule has 0 saturated carbocycles. The third-order valence-electron chi connectivity index (χ3n) is 6.40. The van der Waals surface area contributed by atoms with E-state index in [-0.39, 0.29) is 6.04 Å². The van der Waals surface area contributed by atoms with Crippen LogP contribution >= 0.6 is 0 Å². The average molecular weight is 439 g/mol. The molecule has 1 aromatic heterocycles. The minimum atomic E-state index is 0.0517. The quantitative estimate of drug-likeness (QED) is 0.419. The first-order valence-electron chi connectivity index (χ1n) is 11.7. The maximum absolute atomic E-state index is 4.51. The molecule has 2 heterocycles. The molecule has 0 N–H and O–H groups in total. The predicted octanol–water partition coefficient (Wildman–Crippen LogP) is 3.82. The second-order valence-electron chi connectivity index (χ2n) is 8.61. The van der Waals surface area contributed by atoms with Gasteiger partial charge in [-0.3, -0.25) is 9.80 Å².